The molecule has 1 N–H and O–H groups in total. The summed E-state index contributed by atoms with van der Waals surface area (Å²) >= 11 is 0. The van der Waals surface area contributed by atoms with Crippen molar-refractivity contribution in [2.75, 3.05) is 27.2 Å². The van der Waals surface area contributed by atoms with Crippen molar-refractivity contribution in [2.24, 2.45) is 16.8 Å². The van der Waals surface area contributed by atoms with E-state index in [1.165, 1.54) is 31.2 Å². The molecular weight excluding hydrogens is 286 g/mol. The summed E-state index contributed by atoms with van der Waals surface area (Å²) in [6, 6.07) is 0. The number of guanidine groups is 1. The average molecular weight is 319 g/mol. The molecule has 1 aromatic heterocycles. The highest BCUT2D eigenvalue weighted by Gasteiger charge is 2.20. The van der Waals surface area contributed by atoms with Gasteiger partial charge in [0.05, 0.1) is 6.20 Å². The van der Waals surface area contributed by atoms with Gasteiger partial charge in [-0.15, -0.1) is 0 Å². The van der Waals surface area contributed by atoms with Crippen molar-refractivity contribution in [3.05, 3.63) is 18.0 Å². The van der Waals surface area contributed by atoms with E-state index >= 15 is 0 Å². The summed E-state index contributed by atoms with van der Waals surface area (Å²) in [6.45, 7) is 7.44. The number of hydrogen-bond donors (Lipinski definition) is 1. The molecular formula is C18H33N5. The van der Waals surface area contributed by atoms with Gasteiger partial charge in [0.15, 0.2) is 5.96 Å². The van der Waals surface area contributed by atoms with Gasteiger partial charge in [-0.1, -0.05) is 19.8 Å². The Bertz CT molecular complexity index is 485. The predicted octanol–water partition coefficient (Wildman–Crippen LogP) is 2.92. The molecule has 1 saturated carbocycles. The van der Waals surface area contributed by atoms with Crippen molar-refractivity contribution in [3.63, 3.8) is 0 Å². The first-order valence-electron chi connectivity index (χ1n) is 8.99. The van der Waals surface area contributed by atoms with Gasteiger partial charge in [0, 0.05) is 39.9 Å². The maximum atomic E-state index is 4.43. The van der Waals surface area contributed by atoms with Crippen LogP contribution in [0.1, 0.15) is 44.6 Å². The number of aryl methyl sites for hydroxylation is 2. The first-order chi connectivity index (χ1) is 11.1. The van der Waals surface area contributed by atoms with Crippen molar-refractivity contribution in [3.8, 4) is 0 Å². The van der Waals surface area contributed by atoms with Gasteiger partial charge < -0.3 is 10.2 Å². The maximum absolute atomic E-state index is 4.43. The highest BCUT2D eigenvalue weighted by molar-refractivity contribution is 5.79. The van der Waals surface area contributed by atoms with Crippen molar-refractivity contribution in [2.45, 2.75) is 52.5 Å². The van der Waals surface area contributed by atoms with E-state index in [1.807, 2.05) is 17.9 Å². The van der Waals surface area contributed by atoms with Crippen molar-refractivity contribution < 1.29 is 0 Å². The minimum Gasteiger partial charge on any atom is -0.356 e. The van der Waals surface area contributed by atoms with Gasteiger partial charge in [-0.25, -0.2) is 0 Å². The molecule has 130 valence electrons. The highest BCUT2D eigenvalue weighted by Crippen LogP contribution is 2.28. The molecule has 0 unspecified atom stereocenters. The molecule has 1 heterocycles. The van der Waals surface area contributed by atoms with Crippen molar-refractivity contribution in [1.82, 2.24) is 20.0 Å². The molecule has 5 heteroatoms. The van der Waals surface area contributed by atoms with E-state index in [4.69, 9.17) is 0 Å². The molecule has 23 heavy (non-hydrogen) atoms. The summed E-state index contributed by atoms with van der Waals surface area (Å²) in [4.78, 5) is 6.72. The Morgan fingerprint density at radius 3 is 2.74 bits per heavy atom. The van der Waals surface area contributed by atoms with E-state index in [0.717, 1.165) is 43.9 Å². The molecule has 0 radical (unpaired) electrons. The summed E-state index contributed by atoms with van der Waals surface area (Å²) in [5.41, 5.74) is 1.22. The molecule has 2 rings (SSSR count). The fourth-order valence-electron chi connectivity index (χ4n) is 3.40. The monoisotopic (exact) mass is 319 g/mol. The lowest BCUT2D eigenvalue weighted by molar-refractivity contribution is 0.250. The molecule has 1 aliphatic rings. The normalized spacial score (nSPS) is 22.2. The van der Waals surface area contributed by atoms with Crippen LogP contribution >= 0.6 is 0 Å². The summed E-state index contributed by atoms with van der Waals surface area (Å²) in [5.74, 6) is 2.75. The summed E-state index contributed by atoms with van der Waals surface area (Å²) < 4.78 is 2.01. The molecule has 0 aliphatic heterocycles. The molecule has 1 fully saturated rings. The van der Waals surface area contributed by atoms with Crippen molar-refractivity contribution >= 4 is 5.96 Å². The number of hydrogen-bond acceptors (Lipinski definition) is 2. The van der Waals surface area contributed by atoms with E-state index in [2.05, 4.69) is 47.4 Å². The second kappa shape index (κ2) is 8.94. The van der Waals surface area contributed by atoms with Crippen LogP contribution in [0.4, 0.5) is 0 Å². The highest BCUT2D eigenvalue weighted by atomic mass is 15.3. The van der Waals surface area contributed by atoms with Crippen LogP contribution in [0.25, 0.3) is 0 Å². The Kier molecular flexibility index (Phi) is 6.93. The van der Waals surface area contributed by atoms with Crippen LogP contribution in [0.15, 0.2) is 17.4 Å². The standard InChI is InChI=1S/C18H33N5/c1-15-6-8-17(9-7-15)14-22(4)18(19-3)20-10-5-11-23-13-16(2)12-21-23/h12-13,15,17H,5-11,14H2,1-4H3,(H,19,20). The Hall–Kier alpha value is -1.52. The molecule has 1 aromatic rings. The first-order valence-corrected chi connectivity index (χ1v) is 8.99. The Labute approximate surface area is 141 Å². The molecule has 5 nitrogen and oxygen atoms in total. The van der Waals surface area contributed by atoms with Gasteiger partial charge >= 0.3 is 0 Å². The van der Waals surface area contributed by atoms with Crippen LogP contribution in [0.2, 0.25) is 0 Å². The van der Waals surface area contributed by atoms with Crippen LogP contribution in [0, 0.1) is 18.8 Å². The molecule has 0 amide bonds. The van der Waals surface area contributed by atoms with E-state index in [9.17, 15) is 0 Å². The summed E-state index contributed by atoms with van der Waals surface area (Å²) in [6.07, 6.45) is 10.5. The lowest BCUT2D eigenvalue weighted by Crippen LogP contribution is -2.42. The second-order valence-electron chi connectivity index (χ2n) is 7.11. The van der Waals surface area contributed by atoms with E-state index in [0.29, 0.717) is 0 Å². The van der Waals surface area contributed by atoms with E-state index in [1.54, 1.807) is 0 Å². The fraction of sp³-hybridized carbons (Fsp3) is 0.778. The lowest BCUT2D eigenvalue weighted by Gasteiger charge is -2.31. The minimum absolute atomic E-state index is 0.821. The number of nitrogens with zero attached hydrogens (tertiary/aromatic N) is 4. The van der Waals surface area contributed by atoms with Gasteiger partial charge in [0.1, 0.15) is 0 Å². The SMILES string of the molecule is CN=C(NCCCn1cc(C)cn1)N(C)CC1CCC(C)CC1. The Morgan fingerprint density at radius 1 is 1.39 bits per heavy atom. The van der Waals surface area contributed by atoms with E-state index in [-0.39, 0.29) is 0 Å². The Morgan fingerprint density at radius 2 is 2.13 bits per heavy atom. The number of rotatable bonds is 6. The largest absolute Gasteiger partial charge is 0.356 e. The van der Waals surface area contributed by atoms with Crippen LogP contribution in [-0.4, -0.2) is 47.8 Å². The molecule has 0 atom stereocenters. The Balaban J connectivity index is 1.67. The zero-order valence-corrected chi connectivity index (χ0v) is 15.3. The minimum atomic E-state index is 0.821. The van der Waals surface area contributed by atoms with Gasteiger partial charge in [-0.05, 0) is 43.6 Å². The molecule has 0 bridgehead atoms. The smallest absolute Gasteiger partial charge is 0.193 e. The van der Waals surface area contributed by atoms with Crippen molar-refractivity contribution in [1.29, 1.82) is 0 Å². The first kappa shape index (κ1) is 17.8. The summed E-state index contributed by atoms with van der Waals surface area (Å²) in [5, 5.41) is 7.80. The molecule has 0 saturated heterocycles. The van der Waals surface area contributed by atoms with Gasteiger partial charge in [0.2, 0.25) is 0 Å². The quantitative estimate of drug-likeness (QED) is 0.498. The molecule has 1 aliphatic carbocycles. The predicted molar refractivity (Wildman–Crippen MR) is 96.7 cm³/mol. The number of aromatic nitrogens is 2. The maximum Gasteiger partial charge on any atom is 0.193 e. The van der Waals surface area contributed by atoms with Gasteiger partial charge in [0.25, 0.3) is 0 Å². The average Bonchev–Trinajstić information content (AvgIpc) is 2.95. The topological polar surface area (TPSA) is 45.5 Å². The lowest BCUT2D eigenvalue weighted by atomic mass is 9.83. The molecule has 0 spiro atoms. The zero-order valence-electron chi connectivity index (χ0n) is 15.3. The number of aliphatic imine (C=N–C) groups is 1. The van der Waals surface area contributed by atoms with Crippen LogP contribution in [-0.2, 0) is 6.54 Å². The zero-order chi connectivity index (χ0) is 16.7. The third kappa shape index (κ3) is 5.88. The van der Waals surface area contributed by atoms with Crippen LogP contribution in [0.5, 0.6) is 0 Å². The van der Waals surface area contributed by atoms with Gasteiger partial charge in [-0.2, -0.15) is 5.10 Å². The van der Waals surface area contributed by atoms with Gasteiger partial charge in [-0.3, -0.25) is 9.67 Å². The van der Waals surface area contributed by atoms with Crippen LogP contribution in [0.3, 0.4) is 0 Å². The van der Waals surface area contributed by atoms with E-state index < -0.39 is 0 Å². The third-order valence-corrected chi connectivity index (χ3v) is 4.85. The van der Waals surface area contributed by atoms with Crippen LogP contribution < -0.4 is 5.32 Å². The third-order valence-electron chi connectivity index (χ3n) is 4.85. The number of nitrogens with one attached hydrogen (secondary N) is 1. The fourth-order valence-corrected chi connectivity index (χ4v) is 3.40. The summed E-state index contributed by atoms with van der Waals surface area (Å²) in [7, 11) is 4.03. The molecule has 0 aromatic carbocycles. The second-order valence-corrected chi connectivity index (χ2v) is 7.11.